The lowest BCUT2D eigenvalue weighted by Gasteiger charge is -2.15. The van der Waals surface area contributed by atoms with E-state index in [0.717, 1.165) is 5.75 Å². The molecule has 0 aliphatic carbocycles. The van der Waals surface area contributed by atoms with Crippen molar-refractivity contribution < 1.29 is 14.2 Å². The van der Waals surface area contributed by atoms with E-state index in [-0.39, 0.29) is 11.9 Å². The number of aromatic nitrogens is 5. The van der Waals surface area contributed by atoms with Gasteiger partial charge in [0.2, 0.25) is 23.7 Å². The summed E-state index contributed by atoms with van der Waals surface area (Å²) in [5, 5.41) is 8.01. The smallest absolute Gasteiger partial charge is 0.330 e. The van der Waals surface area contributed by atoms with E-state index in [2.05, 4.69) is 25.1 Å². The molecule has 0 saturated carbocycles. The van der Waals surface area contributed by atoms with Gasteiger partial charge in [-0.25, -0.2) is 0 Å². The second kappa shape index (κ2) is 9.68. The van der Waals surface area contributed by atoms with Gasteiger partial charge in [0.25, 0.3) is 0 Å². The van der Waals surface area contributed by atoms with Crippen molar-refractivity contribution >= 4 is 11.9 Å². The quantitative estimate of drug-likeness (QED) is 0.488. The average molecular weight is 411 g/mol. The van der Waals surface area contributed by atoms with Crippen molar-refractivity contribution in [2.45, 2.75) is 6.92 Å². The molecule has 3 aromatic rings. The van der Waals surface area contributed by atoms with Crippen LogP contribution >= 0.6 is 0 Å². The Kier molecular flexibility index (Phi) is 6.79. The van der Waals surface area contributed by atoms with Gasteiger partial charge in [-0.15, -0.1) is 10.2 Å². The summed E-state index contributed by atoms with van der Waals surface area (Å²) in [5.41, 5.74) is 1.18. The maximum atomic E-state index is 5.64. The fraction of sp³-hybridized carbons (Fsp3) is 0.350. The molecule has 0 saturated heterocycles. The van der Waals surface area contributed by atoms with Crippen molar-refractivity contribution in [1.29, 1.82) is 0 Å². The van der Waals surface area contributed by atoms with Gasteiger partial charge in [0.1, 0.15) is 19.0 Å². The molecule has 0 fully saturated rings. The lowest BCUT2D eigenvalue weighted by atomic mass is 10.2. The van der Waals surface area contributed by atoms with Crippen molar-refractivity contribution in [3.63, 3.8) is 0 Å². The molecule has 0 N–H and O–H groups in total. The van der Waals surface area contributed by atoms with Gasteiger partial charge in [0.05, 0.1) is 0 Å². The zero-order valence-corrected chi connectivity index (χ0v) is 17.7. The van der Waals surface area contributed by atoms with Gasteiger partial charge < -0.3 is 24.0 Å². The third-order valence-corrected chi connectivity index (χ3v) is 3.83. The Morgan fingerprint density at radius 3 is 1.83 bits per heavy atom. The fourth-order valence-corrected chi connectivity index (χ4v) is 2.25. The molecule has 2 heterocycles. The minimum Gasteiger partial charge on any atom is -0.490 e. The number of ether oxygens (including phenoxy) is 3. The van der Waals surface area contributed by atoms with Gasteiger partial charge in [-0.05, 0) is 19.1 Å². The van der Waals surface area contributed by atoms with E-state index >= 15 is 0 Å². The second-order valence-corrected chi connectivity index (χ2v) is 6.83. The minimum atomic E-state index is 0.131. The first kappa shape index (κ1) is 21.0. The Balaban J connectivity index is 1.54. The highest BCUT2D eigenvalue weighted by Gasteiger charge is 2.12. The van der Waals surface area contributed by atoms with Crippen LogP contribution < -0.4 is 24.0 Å². The topological polar surface area (TPSA) is 98.6 Å². The molecule has 0 amide bonds. The molecule has 2 aromatic heterocycles. The van der Waals surface area contributed by atoms with E-state index in [9.17, 15) is 0 Å². The first-order valence-corrected chi connectivity index (χ1v) is 9.35. The number of aryl methyl sites for hydroxylation is 1. The van der Waals surface area contributed by atoms with Crippen LogP contribution in [-0.4, -0.2) is 66.6 Å². The lowest BCUT2D eigenvalue weighted by molar-refractivity contribution is 0.210. The second-order valence-electron chi connectivity index (χ2n) is 6.83. The van der Waals surface area contributed by atoms with E-state index in [1.54, 1.807) is 21.9 Å². The van der Waals surface area contributed by atoms with Crippen molar-refractivity contribution in [2.24, 2.45) is 0 Å². The van der Waals surface area contributed by atoms with Crippen molar-refractivity contribution in [2.75, 3.05) is 51.2 Å². The van der Waals surface area contributed by atoms with Crippen LogP contribution in [0.1, 0.15) is 5.56 Å². The third kappa shape index (κ3) is 5.90. The number of hydrogen-bond donors (Lipinski definition) is 0. The molecule has 0 atom stereocenters. The van der Waals surface area contributed by atoms with Crippen LogP contribution in [0.25, 0.3) is 0 Å². The number of rotatable bonds is 9. The maximum Gasteiger partial charge on any atom is 0.330 e. The number of anilines is 2. The van der Waals surface area contributed by atoms with Gasteiger partial charge in [-0.2, -0.15) is 15.0 Å². The van der Waals surface area contributed by atoms with E-state index in [1.165, 1.54) is 5.56 Å². The third-order valence-electron chi connectivity index (χ3n) is 3.83. The van der Waals surface area contributed by atoms with Crippen LogP contribution in [0.3, 0.4) is 0 Å². The van der Waals surface area contributed by atoms with E-state index in [0.29, 0.717) is 31.0 Å². The van der Waals surface area contributed by atoms with Crippen LogP contribution in [0.2, 0.25) is 0 Å². The minimum absolute atomic E-state index is 0.131. The molecule has 3 rings (SSSR count). The normalized spacial score (nSPS) is 10.4. The van der Waals surface area contributed by atoms with Gasteiger partial charge in [0.15, 0.2) is 0 Å². The summed E-state index contributed by atoms with van der Waals surface area (Å²) in [6.45, 7) is 2.77. The monoisotopic (exact) mass is 411 g/mol. The van der Waals surface area contributed by atoms with Gasteiger partial charge in [-0.1, -0.05) is 17.7 Å². The number of benzene rings is 1. The standard InChI is InChI=1S/C20H25N7O3/c1-14-6-8-15(9-7-14)28-12-13-29-16-10-11-17(25-24-16)30-20-22-18(26(2)3)21-19(23-20)27(4)5/h6-11H,12-13H2,1-5H3. The molecule has 0 bridgehead atoms. The Hall–Kier alpha value is -3.69. The highest BCUT2D eigenvalue weighted by molar-refractivity contribution is 5.38. The molecule has 0 radical (unpaired) electrons. The molecular weight excluding hydrogens is 386 g/mol. The SMILES string of the molecule is Cc1ccc(OCCOc2ccc(Oc3nc(N(C)C)nc(N(C)C)n3)nn2)cc1. The zero-order valence-electron chi connectivity index (χ0n) is 17.7. The summed E-state index contributed by atoms with van der Waals surface area (Å²) >= 11 is 0. The van der Waals surface area contributed by atoms with Crippen molar-refractivity contribution in [3.8, 4) is 23.5 Å². The van der Waals surface area contributed by atoms with E-state index in [4.69, 9.17) is 14.2 Å². The summed E-state index contributed by atoms with van der Waals surface area (Å²) in [7, 11) is 7.36. The Morgan fingerprint density at radius 2 is 1.27 bits per heavy atom. The van der Waals surface area contributed by atoms with Crippen LogP contribution in [0.15, 0.2) is 36.4 Å². The molecule has 0 aliphatic rings. The van der Waals surface area contributed by atoms with Gasteiger partial charge in [0, 0.05) is 40.3 Å². The van der Waals surface area contributed by atoms with E-state index in [1.807, 2.05) is 59.4 Å². The molecule has 0 spiro atoms. The van der Waals surface area contributed by atoms with Gasteiger partial charge in [-0.3, -0.25) is 0 Å². The van der Waals surface area contributed by atoms with Crippen molar-refractivity contribution in [3.05, 3.63) is 42.0 Å². The molecular formula is C20H25N7O3. The predicted molar refractivity (Wildman–Crippen MR) is 113 cm³/mol. The van der Waals surface area contributed by atoms with Crippen LogP contribution in [0.5, 0.6) is 23.5 Å². The van der Waals surface area contributed by atoms with Crippen LogP contribution in [-0.2, 0) is 0 Å². The van der Waals surface area contributed by atoms with Crippen molar-refractivity contribution in [1.82, 2.24) is 25.1 Å². The fourth-order valence-electron chi connectivity index (χ4n) is 2.25. The molecule has 1 aromatic carbocycles. The molecule has 158 valence electrons. The first-order valence-electron chi connectivity index (χ1n) is 9.35. The highest BCUT2D eigenvalue weighted by atomic mass is 16.5. The molecule has 0 unspecified atom stereocenters. The van der Waals surface area contributed by atoms with E-state index < -0.39 is 0 Å². The number of nitrogens with zero attached hydrogens (tertiary/aromatic N) is 7. The molecule has 0 aliphatic heterocycles. The molecule has 10 nitrogen and oxygen atoms in total. The summed E-state index contributed by atoms with van der Waals surface area (Å²) < 4.78 is 16.8. The molecule has 30 heavy (non-hydrogen) atoms. The average Bonchev–Trinajstić information content (AvgIpc) is 2.73. The summed E-state index contributed by atoms with van der Waals surface area (Å²) in [6.07, 6.45) is 0. The Labute approximate surface area is 175 Å². The Bertz CT molecular complexity index is 921. The lowest BCUT2D eigenvalue weighted by Crippen LogP contribution is -2.19. The van der Waals surface area contributed by atoms with Gasteiger partial charge >= 0.3 is 6.01 Å². The first-order chi connectivity index (χ1) is 14.4. The predicted octanol–water partition coefficient (Wildman–Crippen LogP) is 2.35. The number of hydrogen-bond acceptors (Lipinski definition) is 10. The maximum absolute atomic E-state index is 5.64. The Morgan fingerprint density at radius 1 is 0.700 bits per heavy atom. The highest BCUT2D eigenvalue weighted by Crippen LogP contribution is 2.20. The summed E-state index contributed by atoms with van der Waals surface area (Å²) in [4.78, 5) is 16.4. The van der Waals surface area contributed by atoms with Crippen LogP contribution in [0, 0.1) is 6.92 Å². The zero-order chi connectivity index (χ0) is 21.5. The van der Waals surface area contributed by atoms with Crippen LogP contribution in [0.4, 0.5) is 11.9 Å². The summed E-state index contributed by atoms with van der Waals surface area (Å²) in [5.74, 6) is 2.37. The summed E-state index contributed by atoms with van der Waals surface area (Å²) in [6, 6.07) is 11.3. The largest absolute Gasteiger partial charge is 0.490 e. The molecule has 10 heteroatoms.